The molecular formula is C18H20N2O4. The zero-order chi connectivity index (χ0) is 17.5. The van der Waals surface area contributed by atoms with Crippen LogP contribution in [-0.2, 0) is 6.54 Å². The summed E-state index contributed by atoms with van der Waals surface area (Å²) in [6, 6.07) is 10.3. The number of aromatic carboxylic acids is 1. The van der Waals surface area contributed by atoms with E-state index in [0.717, 1.165) is 11.3 Å². The maximum absolute atomic E-state index is 12.1. The van der Waals surface area contributed by atoms with Gasteiger partial charge in [0.05, 0.1) is 12.2 Å². The summed E-state index contributed by atoms with van der Waals surface area (Å²) in [5, 5.41) is 11.6. The fourth-order valence-electron chi connectivity index (χ4n) is 1.95. The van der Waals surface area contributed by atoms with E-state index in [9.17, 15) is 9.59 Å². The summed E-state index contributed by atoms with van der Waals surface area (Å²) in [5.41, 5.74) is 1.13. The van der Waals surface area contributed by atoms with Gasteiger partial charge in [0, 0.05) is 12.7 Å². The first-order chi connectivity index (χ1) is 11.5. The number of carbonyl (C=O) groups excluding carboxylic acids is 1. The summed E-state index contributed by atoms with van der Waals surface area (Å²) in [7, 11) is 0. The number of ether oxygens (including phenoxy) is 1. The summed E-state index contributed by atoms with van der Waals surface area (Å²) >= 11 is 0. The first-order valence-corrected chi connectivity index (χ1v) is 7.65. The first-order valence-electron chi connectivity index (χ1n) is 7.65. The van der Waals surface area contributed by atoms with Crippen molar-refractivity contribution in [3.63, 3.8) is 0 Å². The molecule has 0 bridgehead atoms. The van der Waals surface area contributed by atoms with Crippen molar-refractivity contribution in [3.05, 3.63) is 59.4 Å². The fourth-order valence-corrected chi connectivity index (χ4v) is 1.95. The Kier molecular flexibility index (Phi) is 5.89. The van der Waals surface area contributed by atoms with Gasteiger partial charge in [-0.15, -0.1) is 0 Å². The van der Waals surface area contributed by atoms with Gasteiger partial charge in [0.25, 0.3) is 5.91 Å². The molecule has 2 rings (SSSR count). The number of carbonyl (C=O) groups is 2. The lowest BCUT2D eigenvalue weighted by Crippen LogP contribution is -2.23. The summed E-state index contributed by atoms with van der Waals surface area (Å²) in [6.07, 6.45) is 1.25. The van der Waals surface area contributed by atoms with Crippen molar-refractivity contribution in [3.8, 4) is 5.75 Å². The van der Waals surface area contributed by atoms with Crippen molar-refractivity contribution < 1.29 is 19.4 Å². The Morgan fingerprint density at radius 2 is 2.04 bits per heavy atom. The third kappa shape index (κ3) is 5.08. The minimum absolute atomic E-state index is 0.0958. The van der Waals surface area contributed by atoms with E-state index in [4.69, 9.17) is 9.84 Å². The summed E-state index contributed by atoms with van der Waals surface area (Å²) in [6.45, 7) is 5.14. The van der Waals surface area contributed by atoms with Crippen LogP contribution in [0.15, 0.2) is 42.6 Å². The summed E-state index contributed by atoms with van der Waals surface area (Å²) < 4.78 is 5.66. The third-order valence-corrected chi connectivity index (χ3v) is 3.18. The minimum Gasteiger partial charge on any atom is -0.493 e. The van der Waals surface area contributed by atoms with E-state index in [-0.39, 0.29) is 11.6 Å². The molecule has 2 N–H and O–H groups in total. The van der Waals surface area contributed by atoms with Crippen LogP contribution >= 0.6 is 0 Å². The number of carboxylic acids is 1. The van der Waals surface area contributed by atoms with E-state index in [1.165, 1.54) is 18.3 Å². The van der Waals surface area contributed by atoms with Gasteiger partial charge in [-0.2, -0.15) is 0 Å². The molecule has 0 unspecified atom stereocenters. The Labute approximate surface area is 140 Å². The van der Waals surface area contributed by atoms with Crippen LogP contribution < -0.4 is 10.1 Å². The normalized spacial score (nSPS) is 10.5. The lowest BCUT2D eigenvalue weighted by molar-refractivity contribution is 0.0689. The highest BCUT2D eigenvalue weighted by Gasteiger charge is 2.09. The van der Waals surface area contributed by atoms with Crippen LogP contribution in [0, 0.1) is 5.92 Å². The standard InChI is InChI=1S/C18H20N2O4/c1-12(2)11-24-15-5-3-4-13(8-15)9-20-17(21)14-6-7-16(18(22)23)19-10-14/h3-8,10,12H,9,11H2,1-2H3,(H,20,21)(H,22,23). The van der Waals surface area contributed by atoms with Crippen molar-refractivity contribution in [2.24, 2.45) is 5.92 Å². The van der Waals surface area contributed by atoms with E-state index in [2.05, 4.69) is 24.1 Å². The van der Waals surface area contributed by atoms with E-state index in [1.807, 2.05) is 24.3 Å². The molecule has 0 aliphatic rings. The van der Waals surface area contributed by atoms with Gasteiger partial charge >= 0.3 is 5.97 Å². The topological polar surface area (TPSA) is 88.5 Å². The highest BCUT2D eigenvalue weighted by molar-refractivity contribution is 5.94. The smallest absolute Gasteiger partial charge is 0.354 e. The van der Waals surface area contributed by atoms with E-state index >= 15 is 0 Å². The Bertz CT molecular complexity index is 711. The molecule has 0 aliphatic heterocycles. The maximum Gasteiger partial charge on any atom is 0.354 e. The number of nitrogens with zero attached hydrogens (tertiary/aromatic N) is 1. The summed E-state index contributed by atoms with van der Waals surface area (Å²) in [5.74, 6) is -0.231. The van der Waals surface area contributed by atoms with Crippen LogP contribution in [0.1, 0.15) is 40.3 Å². The number of amides is 1. The molecule has 24 heavy (non-hydrogen) atoms. The highest BCUT2D eigenvalue weighted by atomic mass is 16.5. The number of hydrogen-bond acceptors (Lipinski definition) is 4. The highest BCUT2D eigenvalue weighted by Crippen LogP contribution is 2.14. The van der Waals surface area contributed by atoms with Gasteiger partial charge in [0.2, 0.25) is 0 Å². The SMILES string of the molecule is CC(C)COc1cccc(CNC(=O)c2ccc(C(=O)O)nc2)c1. The van der Waals surface area contributed by atoms with Crippen LogP contribution in [0.5, 0.6) is 5.75 Å². The number of rotatable bonds is 7. The zero-order valence-electron chi connectivity index (χ0n) is 13.7. The summed E-state index contributed by atoms with van der Waals surface area (Å²) in [4.78, 5) is 26.5. The van der Waals surface area contributed by atoms with Crippen molar-refractivity contribution in [1.29, 1.82) is 0 Å². The number of carboxylic acid groups (broad SMARTS) is 1. The molecule has 1 aromatic carbocycles. The number of aromatic nitrogens is 1. The van der Waals surface area contributed by atoms with Crippen LogP contribution in [0.2, 0.25) is 0 Å². The van der Waals surface area contributed by atoms with Crippen LogP contribution in [0.3, 0.4) is 0 Å². The molecule has 0 aliphatic carbocycles. The quantitative estimate of drug-likeness (QED) is 0.816. The van der Waals surface area contributed by atoms with Gasteiger partial charge in [-0.25, -0.2) is 9.78 Å². The van der Waals surface area contributed by atoms with Crippen LogP contribution in [0.4, 0.5) is 0 Å². The molecule has 0 radical (unpaired) electrons. The number of nitrogens with one attached hydrogen (secondary N) is 1. The molecule has 1 aromatic heterocycles. The molecule has 1 amide bonds. The number of benzene rings is 1. The second-order valence-corrected chi connectivity index (χ2v) is 5.77. The van der Waals surface area contributed by atoms with Crippen LogP contribution in [-0.4, -0.2) is 28.6 Å². The van der Waals surface area contributed by atoms with Crippen molar-refractivity contribution >= 4 is 11.9 Å². The van der Waals surface area contributed by atoms with Gasteiger partial charge in [-0.05, 0) is 35.7 Å². The molecular weight excluding hydrogens is 308 g/mol. The van der Waals surface area contributed by atoms with Gasteiger partial charge in [-0.3, -0.25) is 4.79 Å². The second-order valence-electron chi connectivity index (χ2n) is 5.77. The Morgan fingerprint density at radius 3 is 2.67 bits per heavy atom. The first kappa shape index (κ1) is 17.5. The van der Waals surface area contributed by atoms with Crippen molar-refractivity contribution in [2.45, 2.75) is 20.4 Å². The molecule has 0 spiro atoms. The van der Waals surface area contributed by atoms with Gasteiger partial charge in [0.15, 0.2) is 0 Å². The zero-order valence-corrected chi connectivity index (χ0v) is 13.7. The van der Waals surface area contributed by atoms with Crippen molar-refractivity contribution in [2.75, 3.05) is 6.61 Å². The fraction of sp³-hybridized carbons (Fsp3) is 0.278. The Balaban J connectivity index is 1.93. The predicted molar refractivity (Wildman–Crippen MR) is 89.1 cm³/mol. The van der Waals surface area contributed by atoms with Gasteiger partial charge in [-0.1, -0.05) is 26.0 Å². The Hall–Kier alpha value is -2.89. The lowest BCUT2D eigenvalue weighted by Gasteiger charge is -2.10. The maximum atomic E-state index is 12.1. The molecule has 126 valence electrons. The molecule has 6 heteroatoms. The molecule has 0 saturated carbocycles. The average molecular weight is 328 g/mol. The Morgan fingerprint density at radius 1 is 1.25 bits per heavy atom. The van der Waals surface area contributed by atoms with Crippen LogP contribution in [0.25, 0.3) is 0 Å². The third-order valence-electron chi connectivity index (χ3n) is 3.18. The number of hydrogen-bond donors (Lipinski definition) is 2. The van der Waals surface area contributed by atoms with E-state index in [1.54, 1.807) is 0 Å². The molecule has 2 aromatic rings. The lowest BCUT2D eigenvalue weighted by atomic mass is 10.2. The molecule has 0 atom stereocenters. The molecule has 6 nitrogen and oxygen atoms in total. The monoisotopic (exact) mass is 328 g/mol. The molecule has 0 saturated heterocycles. The molecule has 1 heterocycles. The second kappa shape index (κ2) is 8.10. The average Bonchev–Trinajstić information content (AvgIpc) is 2.58. The van der Waals surface area contributed by atoms with E-state index in [0.29, 0.717) is 24.6 Å². The van der Waals surface area contributed by atoms with Gasteiger partial charge < -0.3 is 15.2 Å². The van der Waals surface area contributed by atoms with Crippen molar-refractivity contribution in [1.82, 2.24) is 10.3 Å². The van der Waals surface area contributed by atoms with Gasteiger partial charge in [0.1, 0.15) is 11.4 Å². The molecule has 0 fully saturated rings. The predicted octanol–water partition coefficient (Wildman–Crippen LogP) is 2.74. The minimum atomic E-state index is -1.12. The van der Waals surface area contributed by atoms with E-state index < -0.39 is 5.97 Å². The number of pyridine rings is 1. The largest absolute Gasteiger partial charge is 0.493 e.